The summed E-state index contributed by atoms with van der Waals surface area (Å²) >= 11 is 0. The number of aryl methyl sites for hydroxylation is 1. The fourth-order valence-corrected chi connectivity index (χ4v) is 6.52. The van der Waals surface area contributed by atoms with Gasteiger partial charge in [0.25, 0.3) is 5.58 Å². The van der Waals surface area contributed by atoms with Crippen molar-refractivity contribution in [1.29, 1.82) is 5.26 Å². The fourth-order valence-electron chi connectivity index (χ4n) is 6.52. The lowest BCUT2D eigenvalue weighted by Gasteiger charge is -2.21. The Morgan fingerprint density at radius 3 is 2.30 bits per heavy atom. The number of furan rings is 1. The Hall–Kier alpha value is -5.01. The average Bonchev–Trinajstić information content (AvgIpc) is 3.51. The van der Waals surface area contributed by atoms with Gasteiger partial charge in [0, 0.05) is 5.56 Å². The van der Waals surface area contributed by atoms with Gasteiger partial charge in [0.15, 0.2) is 6.04 Å². The lowest BCUT2D eigenvalue weighted by Crippen LogP contribution is -2.31. The van der Waals surface area contributed by atoms with Gasteiger partial charge in [0.2, 0.25) is 5.69 Å². The molecule has 0 amide bonds. The third-order valence-electron chi connectivity index (χ3n) is 9.03. The molecule has 4 nitrogen and oxygen atoms in total. The molecule has 0 atom stereocenters. The largest absolute Gasteiger partial charge is 0.322 e. The van der Waals surface area contributed by atoms with Gasteiger partial charge in [-0.15, -0.1) is 30.3 Å². The standard InChI is InChI=1S/C40H37N3O/c1-24-12-16-28-29-17-13-25(23-41)36(38(29)44-37(28)35(24)34-11-9-10-20-42(34)8)43-32-18-14-26(39(2,3)4)21-30(32)31-22-27(40(5,6)7)15-19-33(31)43/h9-22H,8H2,1-7H3. The molecular formula is C40H37N3O. The van der Waals surface area contributed by atoms with Crippen molar-refractivity contribution in [2.75, 3.05) is 0 Å². The third kappa shape index (κ3) is 4.11. The van der Waals surface area contributed by atoms with E-state index in [0.717, 1.165) is 50.2 Å². The molecule has 0 radical (unpaired) electrons. The van der Waals surface area contributed by atoms with Crippen LogP contribution in [0.25, 0.3) is 49.4 Å². The SMILES string of the molecule is C=[N+]1C=CC=C[C-]1c1c(C)ccc2c1[o+][c-]1c(-[n+]3c4ccc(C(C)(C)C)cc4c4cc(C(C)(C)C)cc[c-]43)c(C#N)ccc21. The number of rotatable bonds is 2. The zero-order chi connectivity index (χ0) is 31.1. The highest BCUT2D eigenvalue weighted by Crippen LogP contribution is 2.41. The van der Waals surface area contributed by atoms with Gasteiger partial charge in [-0.25, -0.2) is 9.83 Å². The van der Waals surface area contributed by atoms with Gasteiger partial charge < -0.3 is 0 Å². The quantitative estimate of drug-likeness (QED) is 0.117. The Balaban J connectivity index is 1.62. The lowest BCUT2D eigenvalue weighted by atomic mass is 9.85. The fraction of sp³-hybridized carbons (Fsp3) is 0.225. The molecule has 0 aliphatic carbocycles. The molecule has 218 valence electrons. The van der Waals surface area contributed by atoms with Crippen molar-refractivity contribution in [2.24, 2.45) is 0 Å². The topological polar surface area (TPSA) is 42.0 Å². The second-order valence-corrected chi connectivity index (χ2v) is 14.0. The van der Waals surface area contributed by atoms with Gasteiger partial charge in [-0.3, -0.25) is 8.99 Å². The van der Waals surface area contributed by atoms with Crippen LogP contribution < -0.4 is 4.57 Å². The number of nitriles is 1. The molecule has 4 heteroatoms. The highest BCUT2D eigenvalue weighted by Gasteiger charge is 2.30. The molecule has 4 aromatic carbocycles. The van der Waals surface area contributed by atoms with Crippen molar-refractivity contribution in [3.05, 3.63) is 119 Å². The van der Waals surface area contributed by atoms with Crippen LogP contribution in [-0.2, 0) is 10.8 Å². The first-order valence-electron chi connectivity index (χ1n) is 15.2. The normalized spacial score (nSPS) is 14.0. The molecule has 0 fully saturated rings. The molecule has 2 aromatic heterocycles. The number of benzene rings is 4. The zero-order valence-electron chi connectivity index (χ0n) is 26.5. The predicted molar refractivity (Wildman–Crippen MR) is 181 cm³/mol. The van der Waals surface area contributed by atoms with E-state index in [1.54, 1.807) is 0 Å². The van der Waals surface area contributed by atoms with Crippen LogP contribution in [0.15, 0.2) is 89.5 Å². The van der Waals surface area contributed by atoms with E-state index in [-0.39, 0.29) is 10.8 Å². The number of aromatic nitrogens is 1. The van der Waals surface area contributed by atoms with Crippen LogP contribution in [0.1, 0.15) is 69.4 Å². The molecule has 3 heterocycles. The molecule has 1 aliphatic rings. The molecule has 0 unspecified atom stereocenters. The molecule has 0 bridgehead atoms. The first kappa shape index (κ1) is 27.8. The molecule has 0 N–H and O–H groups in total. The maximum atomic E-state index is 10.5. The smallest absolute Gasteiger partial charge is 0.285 e. The van der Waals surface area contributed by atoms with Crippen molar-refractivity contribution < 1.29 is 13.6 Å². The van der Waals surface area contributed by atoms with E-state index in [4.69, 9.17) is 4.42 Å². The summed E-state index contributed by atoms with van der Waals surface area (Å²) in [5.41, 5.74) is 9.60. The van der Waals surface area contributed by atoms with Crippen LogP contribution in [-0.4, -0.2) is 11.3 Å². The minimum absolute atomic E-state index is 0.00247. The van der Waals surface area contributed by atoms with Crippen LogP contribution in [0.2, 0.25) is 0 Å². The van der Waals surface area contributed by atoms with Gasteiger partial charge in [0.05, 0.1) is 18.4 Å². The summed E-state index contributed by atoms with van der Waals surface area (Å²) in [5.74, 6) is 0. The van der Waals surface area contributed by atoms with E-state index in [0.29, 0.717) is 11.1 Å². The van der Waals surface area contributed by atoms with Gasteiger partial charge in [-0.2, -0.15) is 0 Å². The van der Waals surface area contributed by atoms with Crippen LogP contribution in [0, 0.1) is 24.3 Å². The summed E-state index contributed by atoms with van der Waals surface area (Å²) in [7, 11) is 0. The van der Waals surface area contributed by atoms with Gasteiger partial charge in [-0.1, -0.05) is 89.9 Å². The van der Waals surface area contributed by atoms with Crippen molar-refractivity contribution in [3.8, 4) is 11.8 Å². The minimum atomic E-state index is -0.00247. The molecule has 1 aliphatic heterocycles. The second kappa shape index (κ2) is 9.49. The molecular weight excluding hydrogens is 538 g/mol. The van der Waals surface area contributed by atoms with E-state index in [1.807, 2.05) is 35.1 Å². The summed E-state index contributed by atoms with van der Waals surface area (Å²) in [6.45, 7) is 19.8. The van der Waals surface area contributed by atoms with E-state index in [9.17, 15) is 5.26 Å². The first-order chi connectivity index (χ1) is 20.9. The summed E-state index contributed by atoms with van der Waals surface area (Å²) in [6, 6.07) is 25.2. The molecule has 0 spiro atoms. The number of hydrogen-bond acceptors (Lipinski definition) is 1. The Labute approximate surface area is 258 Å². The molecule has 0 saturated heterocycles. The summed E-state index contributed by atoms with van der Waals surface area (Å²) in [5, 5.41) is 14.8. The van der Waals surface area contributed by atoms with Gasteiger partial charge in [0.1, 0.15) is 17.2 Å². The Morgan fingerprint density at radius 2 is 1.59 bits per heavy atom. The second-order valence-electron chi connectivity index (χ2n) is 14.0. The number of hydrogen-bond donors (Lipinski definition) is 0. The molecule has 7 rings (SSSR count). The van der Waals surface area contributed by atoms with Crippen molar-refractivity contribution >= 4 is 50.5 Å². The zero-order valence-corrected chi connectivity index (χ0v) is 26.5. The summed E-state index contributed by atoms with van der Waals surface area (Å²) < 4.78 is 11.0. The van der Waals surface area contributed by atoms with Crippen LogP contribution in [0.3, 0.4) is 0 Å². The van der Waals surface area contributed by atoms with E-state index < -0.39 is 0 Å². The number of nitrogens with zero attached hydrogens (tertiary/aromatic N) is 3. The highest BCUT2D eigenvalue weighted by atomic mass is 16.3. The van der Waals surface area contributed by atoms with E-state index in [1.165, 1.54) is 21.9 Å². The third-order valence-corrected chi connectivity index (χ3v) is 9.03. The maximum absolute atomic E-state index is 10.5. The Kier molecular flexibility index (Phi) is 6.00. The average molecular weight is 576 g/mol. The Morgan fingerprint density at radius 1 is 0.841 bits per heavy atom. The molecule has 6 aromatic rings. The van der Waals surface area contributed by atoms with E-state index in [2.05, 4.69) is 120 Å². The Bertz CT molecular complexity index is 2210. The first-order valence-corrected chi connectivity index (χ1v) is 15.2. The molecule has 44 heavy (non-hydrogen) atoms. The van der Waals surface area contributed by atoms with Gasteiger partial charge >= 0.3 is 5.58 Å². The number of fused-ring (bicyclic) bond motifs is 6. The summed E-state index contributed by atoms with van der Waals surface area (Å²) in [4.78, 5) is 0. The van der Waals surface area contributed by atoms with Crippen molar-refractivity contribution in [3.63, 3.8) is 0 Å². The van der Waals surface area contributed by atoms with Crippen LogP contribution in [0.5, 0.6) is 0 Å². The van der Waals surface area contributed by atoms with Crippen molar-refractivity contribution in [1.82, 2.24) is 0 Å². The van der Waals surface area contributed by atoms with Crippen LogP contribution in [0.4, 0.5) is 0 Å². The molecule has 0 saturated carbocycles. The van der Waals surface area contributed by atoms with E-state index >= 15 is 0 Å². The minimum Gasteiger partial charge on any atom is -0.285 e. The van der Waals surface area contributed by atoms with Crippen molar-refractivity contribution in [2.45, 2.75) is 59.3 Å². The highest BCUT2D eigenvalue weighted by molar-refractivity contribution is 6.10. The van der Waals surface area contributed by atoms with Crippen LogP contribution >= 0.6 is 0 Å². The lowest BCUT2D eigenvalue weighted by molar-refractivity contribution is -0.535. The van der Waals surface area contributed by atoms with Gasteiger partial charge in [-0.05, 0) is 56.1 Å². The summed E-state index contributed by atoms with van der Waals surface area (Å²) in [6.07, 6.45) is 8.01. The monoisotopic (exact) mass is 575 g/mol. The number of allylic oxidation sites excluding steroid dienone is 2. The predicted octanol–water partition coefficient (Wildman–Crippen LogP) is 9.34. The maximum Gasteiger partial charge on any atom is 0.322 e.